The first-order valence-corrected chi connectivity index (χ1v) is 8.98. The molecule has 1 aromatic heterocycles. The summed E-state index contributed by atoms with van der Waals surface area (Å²) in [5.41, 5.74) is 1.31. The summed E-state index contributed by atoms with van der Waals surface area (Å²) >= 11 is 1.58. The summed E-state index contributed by atoms with van der Waals surface area (Å²) in [7, 11) is 0. The molecule has 0 bridgehead atoms. The molecule has 0 saturated carbocycles. The fraction of sp³-hybridized carbons (Fsp3) is 0.562. The largest absolute Gasteiger partial charge is 0.477 e. The number of hydrogen-bond donors (Lipinski definition) is 2. The second-order valence-corrected chi connectivity index (χ2v) is 7.95. The summed E-state index contributed by atoms with van der Waals surface area (Å²) in [4.78, 5) is 30.4. The second kappa shape index (κ2) is 5.63. The highest BCUT2D eigenvalue weighted by molar-refractivity contribution is 8.03. The van der Waals surface area contributed by atoms with Gasteiger partial charge in [0.05, 0.1) is 18.3 Å². The zero-order valence-corrected chi connectivity index (χ0v) is 14.1. The number of aliphatic hydroxyl groups excluding tert-OH is 1. The Morgan fingerprint density at radius 1 is 1.50 bits per heavy atom. The molecule has 1 amide bonds. The number of thioether (sulfide) groups is 1. The number of carbonyl (C=O) groups is 2. The quantitative estimate of drug-likeness (QED) is 0.760. The number of β-lactam (4-membered cyclic amide) rings is 1. The molecular formula is C16H19N3O4S. The lowest BCUT2D eigenvalue weighted by molar-refractivity contribution is -0.157. The molecule has 4 atom stereocenters. The van der Waals surface area contributed by atoms with Crippen LogP contribution in [0, 0.1) is 11.8 Å². The molecule has 0 aromatic carbocycles. The molecule has 1 saturated heterocycles. The van der Waals surface area contributed by atoms with Crippen molar-refractivity contribution >= 4 is 23.6 Å². The van der Waals surface area contributed by atoms with Gasteiger partial charge in [0.2, 0.25) is 5.91 Å². The van der Waals surface area contributed by atoms with E-state index in [1.165, 1.54) is 4.90 Å². The van der Waals surface area contributed by atoms with Gasteiger partial charge in [-0.25, -0.2) is 9.78 Å². The Morgan fingerprint density at radius 2 is 2.29 bits per heavy atom. The van der Waals surface area contributed by atoms with Gasteiger partial charge >= 0.3 is 5.97 Å². The Balaban J connectivity index is 1.58. The summed E-state index contributed by atoms with van der Waals surface area (Å²) in [6.07, 6.45) is 4.90. The molecule has 0 spiro atoms. The maximum atomic E-state index is 12.3. The molecule has 3 aliphatic rings. The average Bonchev–Trinajstić information content (AvgIpc) is 3.17. The lowest BCUT2D eigenvalue weighted by atomic mass is 9.80. The molecule has 8 heteroatoms. The highest BCUT2D eigenvalue weighted by Gasteiger charge is 2.58. The third-order valence-electron chi connectivity index (χ3n) is 5.24. The fourth-order valence-electron chi connectivity index (χ4n) is 4.15. The predicted molar refractivity (Wildman–Crippen MR) is 87.0 cm³/mol. The van der Waals surface area contributed by atoms with Crippen molar-refractivity contribution < 1.29 is 19.8 Å². The van der Waals surface area contributed by atoms with Crippen molar-refractivity contribution in [3.8, 4) is 0 Å². The van der Waals surface area contributed by atoms with Crippen LogP contribution in [0.15, 0.2) is 23.1 Å². The number of hydrogen-bond acceptors (Lipinski definition) is 5. The molecule has 1 unspecified atom stereocenters. The highest BCUT2D eigenvalue weighted by atomic mass is 32.2. The van der Waals surface area contributed by atoms with Gasteiger partial charge in [0.1, 0.15) is 5.70 Å². The van der Waals surface area contributed by atoms with Crippen molar-refractivity contribution in [1.82, 2.24) is 14.5 Å². The van der Waals surface area contributed by atoms with Gasteiger partial charge in [-0.15, -0.1) is 11.8 Å². The Hall–Kier alpha value is -1.80. The minimum Gasteiger partial charge on any atom is -0.477 e. The van der Waals surface area contributed by atoms with E-state index in [4.69, 9.17) is 5.11 Å². The number of carboxylic acids is 1. The van der Waals surface area contributed by atoms with E-state index in [1.54, 1.807) is 18.1 Å². The lowest BCUT2D eigenvalue weighted by Gasteiger charge is -2.45. The fourth-order valence-corrected chi connectivity index (χ4v) is 5.65. The Kier molecular flexibility index (Phi) is 3.69. The number of aliphatic carboxylic acids is 1. The van der Waals surface area contributed by atoms with Crippen LogP contribution >= 0.6 is 11.8 Å². The summed E-state index contributed by atoms with van der Waals surface area (Å²) in [6.45, 7) is 2.74. The van der Waals surface area contributed by atoms with Crippen molar-refractivity contribution in [3.05, 3.63) is 28.8 Å². The number of carboxylic acid groups (broad SMARTS) is 1. The molecule has 0 radical (unpaired) electrons. The van der Waals surface area contributed by atoms with Gasteiger partial charge in [-0.3, -0.25) is 4.79 Å². The van der Waals surface area contributed by atoms with Crippen molar-refractivity contribution in [3.63, 3.8) is 0 Å². The maximum absolute atomic E-state index is 12.3. The zero-order valence-electron chi connectivity index (χ0n) is 13.3. The van der Waals surface area contributed by atoms with E-state index < -0.39 is 5.97 Å². The van der Waals surface area contributed by atoms with Crippen LogP contribution in [0.3, 0.4) is 0 Å². The summed E-state index contributed by atoms with van der Waals surface area (Å²) in [5, 5.41) is 19.1. The van der Waals surface area contributed by atoms with E-state index in [9.17, 15) is 14.7 Å². The van der Waals surface area contributed by atoms with Crippen LogP contribution in [0.1, 0.15) is 19.0 Å². The van der Waals surface area contributed by atoms with Crippen LogP contribution in [0.4, 0.5) is 0 Å². The zero-order chi connectivity index (χ0) is 17.0. The smallest absolute Gasteiger partial charge is 0.353 e. The summed E-state index contributed by atoms with van der Waals surface area (Å²) < 4.78 is 2.09. The number of imidazole rings is 1. The molecule has 3 aliphatic heterocycles. The van der Waals surface area contributed by atoms with Crippen molar-refractivity contribution in [2.45, 2.75) is 37.6 Å². The maximum Gasteiger partial charge on any atom is 0.353 e. The van der Waals surface area contributed by atoms with Gasteiger partial charge in [0.15, 0.2) is 0 Å². The Bertz CT molecular complexity index is 723. The first kappa shape index (κ1) is 15.7. The van der Waals surface area contributed by atoms with E-state index in [0.717, 1.165) is 23.6 Å². The molecule has 0 aliphatic carbocycles. The van der Waals surface area contributed by atoms with Crippen molar-refractivity contribution in [2.75, 3.05) is 6.61 Å². The molecule has 1 aromatic rings. The first-order chi connectivity index (χ1) is 11.5. The van der Waals surface area contributed by atoms with E-state index in [-0.39, 0.29) is 41.3 Å². The second-order valence-electron chi connectivity index (χ2n) is 6.61. The average molecular weight is 349 g/mol. The van der Waals surface area contributed by atoms with Crippen molar-refractivity contribution in [2.24, 2.45) is 11.8 Å². The van der Waals surface area contributed by atoms with Crippen molar-refractivity contribution in [1.29, 1.82) is 0 Å². The number of fused-ring (bicyclic) bond motifs is 2. The number of carbonyl (C=O) groups excluding carboxylic acids is 1. The predicted octanol–water partition coefficient (Wildman–Crippen LogP) is 0.696. The SMILES string of the molecule is C[C@H]1C(SC2Cc3cncn3C2)=C(C(=O)O)N2C(=O)[C@@H](CCO)[C@@H]12. The van der Waals surface area contributed by atoms with Gasteiger partial charge in [-0.1, -0.05) is 6.92 Å². The standard InChI is InChI=1S/C16H19N3O4S/c1-8-12-11(2-3-20)15(21)19(12)13(16(22)23)14(8)24-10-4-9-5-17-7-18(9)6-10/h5,7-8,10-12,20H,2-4,6H2,1H3,(H,22,23)/t8-,10?,11+,12-/m1/s1. The summed E-state index contributed by atoms with van der Waals surface area (Å²) in [6, 6.07) is -0.125. The molecule has 7 nitrogen and oxygen atoms in total. The minimum absolute atomic E-state index is 0.00608. The Labute approximate surface area is 143 Å². The molecule has 128 valence electrons. The van der Waals surface area contributed by atoms with Gasteiger partial charge in [0.25, 0.3) is 0 Å². The normalized spacial score (nSPS) is 31.2. The van der Waals surface area contributed by atoms with Gasteiger partial charge in [-0.2, -0.15) is 0 Å². The van der Waals surface area contributed by atoms with Crippen LogP contribution in [-0.4, -0.2) is 54.4 Å². The van der Waals surface area contributed by atoms with Gasteiger partial charge in [0, 0.05) is 47.5 Å². The van der Waals surface area contributed by atoms with Gasteiger partial charge in [-0.05, 0) is 6.42 Å². The van der Waals surface area contributed by atoms with E-state index >= 15 is 0 Å². The van der Waals surface area contributed by atoms with Crippen LogP contribution < -0.4 is 0 Å². The molecule has 1 fully saturated rings. The number of nitrogens with zero attached hydrogens (tertiary/aromatic N) is 3. The molecular weight excluding hydrogens is 330 g/mol. The number of aromatic nitrogens is 2. The monoisotopic (exact) mass is 349 g/mol. The molecule has 4 heterocycles. The number of aliphatic hydroxyl groups is 1. The number of amides is 1. The molecule has 24 heavy (non-hydrogen) atoms. The Morgan fingerprint density at radius 3 is 2.96 bits per heavy atom. The first-order valence-electron chi connectivity index (χ1n) is 8.10. The van der Waals surface area contributed by atoms with E-state index in [1.807, 2.05) is 13.1 Å². The van der Waals surface area contributed by atoms with E-state index in [2.05, 4.69) is 9.55 Å². The van der Waals surface area contributed by atoms with Crippen LogP contribution in [0.2, 0.25) is 0 Å². The number of rotatable bonds is 5. The molecule has 2 N–H and O–H groups in total. The van der Waals surface area contributed by atoms with Crippen LogP contribution in [0.25, 0.3) is 0 Å². The third-order valence-corrected chi connectivity index (χ3v) is 6.71. The molecule has 4 rings (SSSR count). The minimum atomic E-state index is -1.04. The third kappa shape index (κ3) is 2.12. The highest BCUT2D eigenvalue weighted by Crippen LogP contribution is 2.51. The van der Waals surface area contributed by atoms with Crippen LogP contribution in [0.5, 0.6) is 0 Å². The lowest BCUT2D eigenvalue weighted by Crippen LogP contribution is -2.60. The van der Waals surface area contributed by atoms with E-state index in [0.29, 0.717) is 6.42 Å². The summed E-state index contributed by atoms with van der Waals surface area (Å²) in [5.74, 6) is -1.48. The van der Waals surface area contributed by atoms with Gasteiger partial charge < -0.3 is 19.7 Å². The topological polar surface area (TPSA) is 95.7 Å². The van der Waals surface area contributed by atoms with Crippen LogP contribution in [-0.2, 0) is 22.6 Å².